The molecular weight excluding hydrogens is 418 g/mol. The average Bonchev–Trinajstić information content (AvgIpc) is 2.94. The minimum absolute atomic E-state index is 0.000303. The zero-order valence-electron chi connectivity index (χ0n) is 17.4. The lowest BCUT2D eigenvalue weighted by atomic mass is 10.1. The van der Waals surface area contributed by atoms with Crippen molar-refractivity contribution in [2.24, 2.45) is 0 Å². The van der Waals surface area contributed by atoms with E-state index in [-0.39, 0.29) is 47.7 Å². The molecule has 1 aliphatic rings. The van der Waals surface area contributed by atoms with Crippen molar-refractivity contribution in [2.75, 3.05) is 11.9 Å². The maximum absolute atomic E-state index is 12.6. The van der Waals surface area contributed by atoms with E-state index in [1.54, 1.807) is 36.4 Å². The van der Waals surface area contributed by atoms with Gasteiger partial charge < -0.3 is 10.6 Å². The molecule has 3 rings (SSSR count). The maximum atomic E-state index is 12.6. The van der Waals surface area contributed by atoms with Crippen LogP contribution in [0.15, 0.2) is 53.4 Å². The van der Waals surface area contributed by atoms with Crippen LogP contribution in [-0.2, 0) is 14.8 Å². The van der Waals surface area contributed by atoms with Gasteiger partial charge in [-0.05, 0) is 44.0 Å². The Morgan fingerprint density at radius 2 is 1.74 bits per heavy atom. The Kier molecular flexibility index (Phi) is 6.74. The van der Waals surface area contributed by atoms with Gasteiger partial charge in [-0.2, -0.15) is 0 Å². The first kappa shape index (κ1) is 22.5. The predicted molar refractivity (Wildman–Crippen MR) is 116 cm³/mol. The highest BCUT2D eigenvalue weighted by Gasteiger charge is 2.40. The number of rotatable bonds is 8. The maximum Gasteiger partial charge on any atom is 0.269 e. The van der Waals surface area contributed by atoms with Gasteiger partial charge in [0, 0.05) is 19.0 Å². The Hall–Kier alpha value is -3.20. The molecule has 2 aromatic rings. The number of para-hydroxylation sites is 1. The molecule has 9 heteroatoms. The summed E-state index contributed by atoms with van der Waals surface area (Å²) in [6, 6.07) is 12.7. The summed E-state index contributed by atoms with van der Waals surface area (Å²) in [4.78, 5) is 37.3. The molecule has 2 aromatic carbocycles. The second-order valence-electron chi connectivity index (χ2n) is 7.36. The van der Waals surface area contributed by atoms with Crippen molar-refractivity contribution in [3.8, 4) is 0 Å². The van der Waals surface area contributed by atoms with E-state index < -0.39 is 15.9 Å². The standard InChI is InChI=1S/C22H25N3O5S/c1-3-15(2)23-21(27)16-9-4-6-11-18(16)24-20(26)13-8-14-25-22(28)17-10-5-7-12-19(17)31(25,29)30/h4-7,9-12,15H,3,8,13-14H2,1-2H3,(H,23,27)(H,24,26)/t15-/m0/s1. The number of hydrogen-bond donors (Lipinski definition) is 2. The van der Waals surface area contributed by atoms with Crippen LogP contribution in [0.2, 0.25) is 0 Å². The zero-order valence-corrected chi connectivity index (χ0v) is 18.2. The first-order valence-corrected chi connectivity index (χ1v) is 11.6. The molecule has 0 saturated heterocycles. The summed E-state index contributed by atoms with van der Waals surface area (Å²) in [6.45, 7) is 3.76. The summed E-state index contributed by atoms with van der Waals surface area (Å²) in [6.07, 6.45) is 0.936. The van der Waals surface area contributed by atoms with Crippen LogP contribution in [-0.4, -0.2) is 43.0 Å². The first-order chi connectivity index (χ1) is 14.8. The number of anilines is 1. The molecule has 31 heavy (non-hydrogen) atoms. The van der Waals surface area contributed by atoms with Crippen molar-refractivity contribution in [1.82, 2.24) is 9.62 Å². The van der Waals surface area contributed by atoms with Gasteiger partial charge in [-0.1, -0.05) is 31.2 Å². The Morgan fingerprint density at radius 3 is 2.45 bits per heavy atom. The fourth-order valence-corrected chi connectivity index (χ4v) is 4.85. The lowest BCUT2D eigenvalue weighted by Gasteiger charge is -2.16. The smallest absolute Gasteiger partial charge is 0.269 e. The van der Waals surface area contributed by atoms with Crippen molar-refractivity contribution in [3.05, 3.63) is 59.7 Å². The highest BCUT2D eigenvalue weighted by Crippen LogP contribution is 2.30. The van der Waals surface area contributed by atoms with Gasteiger partial charge >= 0.3 is 0 Å². The third-order valence-electron chi connectivity index (χ3n) is 5.11. The van der Waals surface area contributed by atoms with E-state index in [4.69, 9.17) is 0 Å². The number of amides is 3. The topological polar surface area (TPSA) is 113 Å². The monoisotopic (exact) mass is 443 g/mol. The molecule has 0 bridgehead atoms. The fraction of sp³-hybridized carbons (Fsp3) is 0.318. The molecule has 0 spiro atoms. The second kappa shape index (κ2) is 9.30. The Bertz CT molecular complexity index is 1110. The summed E-state index contributed by atoms with van der Waals surface area (Å²) < 4.78 is 25.9. The van der Waals surface area contributed by atoms with Crippen molar-refractivity contribution in [2.45, 2.75) is 44.0 Å². The van der Waals surface area contributed by atoms with Crippen molar-refractivity contribution in [1.29, 1.82) is 0 Å². The molecule has 0 aliphatic carbocycles. The number of hydrogen-bond acceptors (Lipinski definition) is 5. The zero-order chi connectivity index (χ0) is 22.6. The molecule has 3 amide bonds. The number of nitrogens with one attached hydrogen (secondary N) is 2. The highest BCUT2D eigenvalue weighted by molar-refractivity contribution is 7.90. The molecule has 0 saturated carbocycles. The summed E-state index contributed by atoms with van der Waals surface area (Å²) >= 11 is 0. The first-order valence-electron chi connectivity index (χ1n) is 10.1. The van der Waals surface area contributed by atoms with Crippen LogP contribution in [0, 0.1) is 0 Å². The van der Waals surface area contributed by atoms with E-state index >= 15 is 0 Å². The van der Waals surface area contributed by atoms with Crippen LogP contribution in [0.25, 0.3) is 0 Å². The highest BCUT2D eigenvalue weighted by atomic mass is 32.2. The fourth-order valence-electron chi connectivity index (χ4n) is 3.24. The van der Waals surface area contributed by atoms with E-state index in [0.29, 0.717) is 11.3 Å². The van der Waals surface area contributed by atoms with Crippen molar-refractivity contribution < 1.29 is 22.8 Å². The van der Waals surface area contributed by atoms with Crippen LogP contribution in [0.3, 0.4) is 0 Å². The molecule has 1 aliphatic heterocycles. The van der Waals surface area contributed by atoms with Crippen molar-refractivity contribution >= 4 is 33.4 Å². The average molecular weight is 444 g/mol. The van der Waals surface area contributed by atoms with E-state index in [1.807, 2.05) is 13.8 Å². The summed E-state index contributed by atoms with van der Waals surface area (Å²) in [5.74, 6) is -1.23. The van der Waals surface area contributed by atoms with E-state index in [9.17, 15) is 22.8 Å². The lowest BCUT2D eigenvalue weighted by Crippen LogP contribution is -2.33. The number of benzene rings is 2. The van der Waals surface area contributed by atoms with Gasteiger partial charge in [-0.15, -0.1) is 0 Å². The molecule has 0 radical (unpaired) electrons. The van der Waals surface area contributed by atoms with Crippen LogP contribution >= 0.6 is 0 Å². The largest absolute Gasteiger partial charge is 0.350 e. The minimum atomic E-state index is -3.89. The quantitative estimate of drug-likeness (QED) is 0.651. The lowest BCUT2D eigenvalue weighted by molar-refractivity contribution is -0.116. The van der Waals surface area contributed by atoms with Gasteiger partial charge in [0.2, 0.25) is 5.91 Å². The SMILES string of the molecule is CC[C@H](C)NC(=O)c1ccccc1NC(=O)CCCN1C(=O)c2ccccc2S1(=O)=O. The summed E-state index contributed by atoms with van der Waals surface area (Å²) in [7, 11) is -3.89. The number of carbonyl (C=O) groups excluding carboxylic acids is 3. The Balaban J connectivity index is 1.60. The van der Waals surface area contributed by atoms with Gasteiger partial charge in [0.05, 0.1) is 16.8 Å². The van der Waals surface area contributed by atoms with Crippen LogP contribution in [0.1, 0.15) is 53.8 Å². The van der Waals surface area contributed by atoms with E-state index in [1.165, 1.54) is 12.1 Å². The molecule has 0 unspecified atom stereocenters. The molecule has 1 heterocycles. The second-order valence-corrected chi connectivity index (χ2v) is 9.19. The van der Waals surface area contributed by atoms with Gasteiger partial charge in [0.25, 0.3) is 21.8 Å². The third kappa shape index (κ3) is 4.77. The molecule has 2 N–H and O–H groups in total. The molecule has 1 atom stereocenters. The Morgan fingerprint density at radius 1 is 1.06 bits per heavy atom. The summed E-state index contributed by atoms with van der Waals surface area (Å²) in [5, 5.41) is 5.57. The van der Waals surface area contributed by atoms with E-state index in [2.05, 4.69) is 10.6 Å². The molecule has 8 nitrogen and oxygen atoms in total. The van der Waals surface area contributed by atoms with Gasteiger partial charge in [-0.3, -0.25) is 14.4 Å². The van der Waals surface area contributed by atoms with Gasteiger partial charge in [0.15, 0.2) is 0 Å². The molecule has 0 aromatic heterocycles. The Labute approximate surface area is 181 Å². The minimum Gasteiger partial charge on any atom is -0.350 e. The molecule has 0 fully saturated rings. The number of sulfonamides is 1. The number of carbonyl (C=O) groups is 3. The van der Waals surface area contributed by atoms with Crippen LogP contribution in [0.4, 0.5) is 5.69 Å². The predicted octanol–water partition coefficient (Wildman–Crippen LogP) is 2.78. The summed E-state index contributed by atoms with van der Waals surface area (Å²) in [5.41, 5.74) is 0.877. The number of nitrogens with zero attached hydrogens (tertiary/aromatic N) is 1. The third-order valence-corrected chi connectivity index (χ3v) is 6.95. The van der Waals surface area contributed by atoms with Crippen molar-refractivity contribution in [3.63, 3.8) is 0 Å². The van der Waals surface area contributed by atoms with Gasteiger partial charge in [0.1, 0.15) is 4.90 Å². The van der Waals surface area contributed by atoms with Gasteiger partial charge in [-0.25, -0.2) is 12.7 Å². The van der Waals surface area contributed by atoms with Crippen LogP contribution < -0.4 is 10.6 Å². The van der Waals surface area contributed by atoms with E-state index in [0.717, 1.165) is 10.7 Å². The molecule has 164 valence electrons. The molecular formula is C22H25N3O5S. The van der Waals surface area contributed by atoms with Crippen LogP contribution in [0.5, 0.6) is 0 Å². The normalized spacial score (nSPS) is 15.3. The number of fused-ring (bicyclic) bond motifs is 1.